The first-order valence-electron chi connectivity index (χ1n) is 8.77. The van der Waals surface area contributed by atoms with Crippen LogP contribution in [0.2, 0.25) is 0 Å². The second-order valence-electron chi connectivity index (χ2n) is 6.54. The van der Waals surface area contributed by atoms with Crippen molar-refractivity contribution in [1.82, 2.24) is 4.72 Å². The van der Waals surface area contributed by atoms with E-state index in [1.54, 1.807) is 19.1 Å². The van der Waals surface area contributed by atoms with Crippen LogP contribution in [0.3, 0.4) is 0 Å². The topological polar surface area (TPSA) is 84.5 Å². The Labute approximate surface area is 161 Å². The van der Waals surface area contributed by atoms with E-state index in [9.17, 15) is 13.2 Å². The van der Waals surface area contributed by atoms with Gasteiger partial charge in [-0.25, -0.2) is 13.1 Å². The van der Waals surface area contributed by atoms with E-state index >= 15 is 0 Å². The molecule has 2 aromatic carbocycles. The Morgan fingerprint density at radius 3 is 2.30 bits per heavy atom. The number of anilines is 1. The average molecular weight is 391 g/mol. The van der Waals surface area contributed by atoms with Gasteiger partial charge in [-0.15, -0.1) is 0 Å². The number of aryl methyl sites for hydroxylation is 2. The summed E-state index contributed by atoms with van der Waals surface area (Å²) in [6.45, 7) is 4.03. The van der Waals surface area contributed by atoms with Gasteiger partial charge in [0.25, 0.3) is 0 Å². The number of methoxy groups -OCH3 is 1. The number of carbonyl (C=O) groups excluding carboxylic acids is 1. The summed E-state index contributed by atoms with van der Waals surface area (Å²) in [4.78, 5) is 12.2. The van der Waals surface area contributed by atoms with E-state index in [0.29, 0.717) is 18.5 Å². The third-order valence-corrected chi connectivity index (χ3v) is 5.59. The molecule has 1 atom stereocenters. The molecule has 0 saturated heterocycles. The van der Waals surface area contributed by atoms with E-state index in [2.05, 4.69) is 10.0 Å². The van der Waals surface area contributed by atoms with Crippen LogP contribution in [0.25, 0.3) is 0 Å². The summed E-state index contributed by atoms with van der Waals surface area (Å²) in [6, 6.07) is 13.8. The molecule has 2 aromatic rings. The van der Waals surface area contributed by atoms with E-state index in [4.69, 9.17) is 4.74 Å². The normalized spacial score (nSPS) is 12.6. The zero-order valence-corrected chi connectivity index (χ0v) is 16.7. The third-order valence-electron chi connectivity index (χ3n) is 3.98. The molecule has 1 amide bonds. The van der Waals surface area contributed by atoms with Crippen molar-refractivity contribution in [2.75, 3.05) is 19.0 Å². The van der Waals surface area contributed by atoms with E-state index < -0.39 is 10.0 Å². The zero-order valence-electron chi connectivity index (χ0n) is 15.9. The Morgan fingerprint density at radius 1 is 1.07 bits per heavy atom. The van der Waals surface area contributed by atoms with Gasteiger partial charge in [0.1, 0.15) is 0 Å². The van der Waals surface area contributed by atoms with Crippen LogP contribution in [-0.4, -0.2) is 34.1 Å². The SMILES string of the molecule is COCC(C)NS(=O)(=O)c1ccc(NC(=O)CCc2ccc(C)cc2)cc1. The lowest BCUT2D eigenvalue weighted by Gasteiger charge is -2.13. The number of benzene rings is 2. The summed E-state index contributed by atoms with van der Waals surface area (Å²) in [6.07, 6.45) is 1.01. The number of amides is 1. The maximum atomic E-state index is 12.3. The fourth-order valence-electron chi connectivity index (χ4n) is 2.57. The number of nitrogens with one attached hydrogen (secondary N) is 2. The lowest BCUT2D eigenvalue weighted by molar-refractivity contribution is -0.116. The van der Waals surface area contributed by atoms with Crippen molar-refractivity contribution in [3.05, 3.63) is 59.7 Å². The quantitative estimate of drug-likeness (QED) is 0.689. The predicted molar refractivity (Wildman–Crippen MR) is 106 cm³/mol. The van der Waals surface area contributed by atoms with Gasteiger partial charge >= 0.3 is 0 Å². The van der Waals surface area contributed by atoms with Crippen LogP contribution in [0.4, 0.5) is 5.69 Å². The first-order valence-corrected chi connectivity index (χ1v) is 10.2. The highest BCUT2D eigenvalue weighted by Gasteiger charge is 2.17. The van der Waals surface area contributed by atoms with Crippen LogP contribution < -0.4 is 10.0 Å². The monoisotopic (exact) mass is 390 g/mol. The van der Waals surface area contributed by atoms with Gasteiger partial charge in [0.05, 0.1) is 11.5 Å². The van der Waals surface area contributed by atoms with Crippen molar-refractivity contribution >= 4 is 21.6 Å². The van der Waals surface area contributed by atoms with Crippen molar-refractivity contribution in [2.45, 2.75) is 37.6 Å². The van der Waals surface area contributed by atoms with Crippen LogP contribution in [0.15, 0.2) is 53.4 Å². The highest BCUT2D eigenvalue weighted by molar-refractivity contribution is 7.89. The minimum Gasteiger partial charge on any atom is -0.383 e. The summed E-state index contributed by atoms with van der Waals surface area (Å²) >= 11 is 0. The summed E-state index contributed by atoms with van der Waals surface area (Å²) in [5, 5.41) is 2.79. The van der Waals surface area contributed by atoms with Gasteiger partial charge in [0.15, 0.2) is 0 Å². The Morgan fingerprint density at radius 2 is 1.70 bits per heavy atom. The lowest BCUT2D eigenvalue weighted by Crippen LogP contribution is -2.35. The first-order chi connectivity index (χ1) is 12.8. The van der Waals surface area contributed by atoms with Crippen molar-refractivity contribution in [3.63, 3.8) is 0 Å². The standard InChI is InChI=1S/C20H26N2O4S/c1-15-4-6-17(7-5-15)8-13-20(23)21-18-9-11-19(12-10-18)27(24,25)22-16(2)14-26-3/h4-7,9-12,16,22H,8,13-14H2,1-3H3,(H,21,23). The number of rotatable bonds is 9. The molecule has 0 radical (unpaired) electrons. The van der Waals surface area contributed by atoms with Crippen molar-refractivity contribution < 1.29 is 17.9 Å². The number of sulfonamides is 1. The largest absolute Gasteiger partial charge is 0.383 e. The van der Waals surface area contributed by atoms with Gasteiger partial charge in [-0.05, 0) is 50.1 Å². The zero-order chi connectivity index (χ0) is 19.9. The van der Waals surface area contributed by atoms with E-state index in [-0.39, 0.29) is 23.5 Å². The Kier molecular flexibility index (Phi) is 7.53. The Hall–Kier alpha value is -2.22. The second kappa shape index (κ2) is 9.64. The van der Waals surface area contributed by atoms with Gasteiger partial charge in [-0.3, -0.25) is 4.79 Å². The fraction of sp³-hybridized carbons (Fsp3) is 0.350. The van der Waals surface area contributed by atoms with E-state index in [0.717, 1.165) is 5.56 Å². The number of carbonyl (C=O) groups is 1. The fourth-order valence-corrected chi connectivity index (χ4v) is 3.80. The van der Waals surface area contributed by atoms with Crippen LogP contribution in [0.1, 0.15) is 24.5 Å². The molecule has 0 spiro atoms. The van der Waals surface area contributed by atoms with Crippen LogP contribution in [0.5, 0.6) is 0 Å². The van der Waals surface area contributed by atoms with Gasteiger partial charge < -0.3 is 10.1 Å². The van der Waals surface area contributed by atoms with Gasteiger partial charge in [-0.2, -0.15) is 0 Å². The molecule has 0 aliphatic heterocycles. The average Bonchev–Trinajstić information content (AvgIpc) is 2.61. The molecule has 0 aliphatic carbocycles. The highest BCUT2D eigenvalue weighted by Crippen LogP contribution is 2.15. The predicted octanol–water partition coefficient (Wildman–Crippen LogP) is 2.88. The van der Waals surface area contributed by atoms with Crippen LogP contribution >= 0.6 is 0 Å². The van der Waals surface area contributed by atoms with E-state index in [1.165, 1.54) is 24.8 Å². The molecule has 0 bridgehead atoms. The molecule has 27 heavy (non-hydrogen) atoms. The smallest absolute Gasteiger partial charge is 0.240 e. The second-order valence-corrected chi connectivity index (χ2v) is 8.25. The molecular formula is C20H26N2O4S. The van der Waals surface area contributed by atoms with Crippen molar-refractivity contribution in [3.8, 4) is 0 Å². The first kappa shape index (κ1) is 21.1. The molecule has 1 unspecified atom stereocenters. The molecule has 0 fully saturated rings. The highest BCUT2D eigenvalue weighted by atomic mass is 32.2. The van der Waals surface area contributed by atoms with Gasteiger partial charge in [0, 0.05) is 25.3 Å². The lowest BCUT2D eigenvalue weighted by atomic mass is 10.1. The maximum Gasteiger partial charge on any atom is 0.240 e. The minimum atomic E-state index is -3.62. The summed E-state index contributed by atoms with van der Waals surface area (Å²) in [5.41, 5.74) is 2.85. The Bertz CT molecular complexity index is 847. The van der Waals surface area contributed by atoms with Crippen molar-refractivity contribution in [2.24, 2.45) is 0 Å². The Balaban J connectivity index is 1.90. The van der Waals surface area contributed by atoms with E-state index in [1.807, 2.05) is 31.2 Å². The maximum absolute atomic E-state index is 12.3. The molecule has 146 valence electrons. The molecular weight excluding hydrogens is 364 g/mol. The molecule has 0 heterocycles. The van der Waals surface area contributed by atoms with Crippen LogP contribution in [-0.2, 0) is 26.0 Å². The minimum absolute atomic E-state index is 0.113. The molecule has 7 heteroatoms. The summed E-state index contributed by atoms with van der Waals surface area (Å²) < 4.78 is 32.0. The number of hydrogen-bond acceptors (Lipinski definition) is 4. The molecule has 2 N–H and O–H groups in total. The molecule has 2 rings (SSSR count). The summed E-state index contributed by atoms with van der Waals surface area (Å²) in [5.74, 6) is -0.113. The molecule has 0 aromatic heterocycles. The molecule has 0 saturated carbocycles. The third kappa shape index (κ3) is 6.78. The number of hydrogen-bond donors (Lipinski definition) is 2. The molecule has 6 nitrogen and oxygen atoms in total. The van der Waals surface area contributed by atoms with Crippen molar-refractivity contribution in [1.29, 1.82) is 0 Å². The number of ether oxygens (including phenoxy) is 1. The van der Waals surface area contributed by atoms with Crippen LogP contribution in [0, 0.1) is 6.92 Å². The van der Waals surface area contributed by atoms with Gasteiger partial charge in [-0.1, -0.05) is 29.8 Å². The molecule has 0 aliphatic rings. The van der Waals surface area contributed by atoms with Gasteiger partial charge in [0.2, 0.25) is 15.9 Å². The summed E-state index contributed by atoms with van der Waals surface area (Å²) in [7, 11) is -2.10.